The molecule has 26 heavy (non-hydrogen) atoms. The van der Waals surface area contributed by atoms with Crippen LogP contribution in [0.25, 0.3) is 0 Å². The third-order valence-electron chi connectivity index (χ3n) is 4.88. The molecule has 3 aromatic rings. The second-order valence-corrected chi connectivity index (χ2v) is 6.77. The lowest BCUT2D eigenvalue weighted by Gasteiger charge is -2.31. The molecule has 1 aliphatic rings. The molecule has 0 saturated carbocycles. The highest BCUT2D eigenvalue weighted by atomic mass is 16.5. The molecule has 134 valence electrons. The number of ether oxygens (including phenoxy) is 1. The number of aryl methyl sites for hydroxylation is 1. The lowest BCUT2D eigenvalue weighted by atomic mass is 10.0. The summed E-state index contributed by atoms with van der Waals surface area (Å²) in [5, 5.41) is 4.27. The van der Waals surface area contributed by atoms with Gasteiger partial charge in [0.15, 0.2) is 0 Å². The smallest absolute Gasteiger partial charge is 0.145 e. The minimum atomic E-state index is 0.478. The van der Waals surface area contributed by atoms with Gasteiger partial charge in [0.1, 0.15) is 24.2 Å². The molecule has 2 aromatic heterocycles. The maximum atomic E-state index is 5.92. The van der Waals surface area contributed by atoms with E-state index in [1.807, 2.05) is 23.1 Å². The molecule has 0 radical (unpaired) electrons. The number of aromatic nitrogens is 4. The molecule has 6 heteroatoms. The van der Waals surface area contributed by atoms with Gasteiger partial charge in [-0.1, -0.05) is 12.1 Å². The second kappa shape index (κ2) is 7.66. The molecule has 1 fully saturated rings. The van der Waals surface area contributed by atoms with Crippen LogP contribution in [-0.2, 0) is 6.54 Å². The van der Waals surface area contributed by atoms with Crippen LogP contribution in [0.4, 0.5) is 0 Å². The summed E-state index contributed by atoms with van der Waals surface area (Å²) in [5.41, 5.74) is 2.46. The molecular formula is C20H23N5O. The van der Waals surface area contributed by atoms with Gasteiger partial charge in [0, 0.05) is 25.8 Å². The molecule has 3 heterocycles. The van der Waals surface area contributed by atoms with Crippen LogP contribution in [0.2, 0.25) is 0 Å². The Bertz CT molecular complexity index is 827. The van der Waals surface area contributed by atoms with Crippen LogP contribution in [0, 0.1) is 6.92 Å². The predicted molar refractivity (Wildman–Crippen MR) is 99.1 cm³/mol. The standard InChI is InChI=1S/C20H23N5O/c1-16-11-17(4-5-20(16)26-19-3-2-8-21-12-19)13-24-9-6-18(7-10-24)25-15-22-14-23-25/h2-5,8,11-12,14-15,18H,6-7,9-10,13H2,1H3. The van der Waals surface area contributed by atoms with E-state index in [4.69, 9.17) is 4.74 Å². The van der Waals surface area contributed by atoms with Crippen molar-refractivity contribution in [3.8, 4) is 11.5 Å². The topological polar surface area (TPSA) is 56.1 Å². The lowest BCUT2D eigenvalue weighted by Crippen LogP contribution is -2.34. The third-order valence-corrected chi connectivity index (χ3v) is 4.88. The van der Waals surface area contributed by atoms with Gasteiger partial charge in [0.05, 0.1) is 12.2 Å². The second-order valence-electron chi connectivity index (χ2n) is 6.77. The Labute approximate surface area is 153 Å². The summed E-state index contributed by atoms with van der Waals surface area (Å²) < 4.78 is 7.91. The zero-order valence-electron chi connectivity index (χ0n) is 15.0. The Balaban J connectivity index is 1.35. The zero-order valence-corrected chi connectivity index (χ0v) is 15.0. The van der Waals surface area contributed by atoms with Gasteiger partial charge in [-0.05, 0) is 49.1 Å². The molecule has 1 aromatic carbocycles. The van der Waals surface area contributed by atoms with Crippen LogP contribution in [0.5, 0.6) is 11.5 Å². The van der Waals surface area contributed by atoms with Gasteiger partial charge in [-0.15, -0.1) is 0 Å². The highest BCUT2D eigenvalue weighted by molar-refractivity contribution is 5.39. The monoisotopic (exact) mass is 349 g/mol. The van der Waals surface area contributed by atoms with E-state index >= 15 is 0 Å². The molecule has 4 rings (SSSR count). The fourth-order valence-electron chi connectivity index (χ4n) is 3.46. The molecule has 1 aliphatic heterocycles. The SMILES string of the molecule is Cc1cc(CN2CCC(n3cncn3)CC2)ccc1Oc1cccnc1. The van der Waals surface area contributed by atoms with Gasteiger partial charge in [-0.3, -0.25) is 9.88 Å². The van der Waals surface area contributed by atoms with Crippen LogP contribution in [0.3, 0.4) is 0 Å². The summed E-state index contributed by atoms with van der Waals surface area (Å²) in [5.74, 6) is 1.64. The average molecular weight is 349 g/mol. The summed E-state index contributed by atoms with van der Waals surface area (Å²) in [6, 6.07) is 10.7. The fraction of sp³-hybridized carbons (Fsp3) is 0.350. The molecule has 6 nitrogen and oxygen atoms in total. The number of hydrogen-bond donors (Lipinski definition) is 0. The first-order valence-electron chi connectivity index (χ1n) is 9.02. The minimum Gasteiger partial charge on any atom is -0.455 e. The molecule has 0 unspecified atom stereocenters. The minimum absolute atomic E-state index is 0.478. The van der Waals surface area contributed by atoms with E-state index in [1.54, 1.807) is 18.7 Å². The van der Waals surface area contributed by atoms with Crippen LogP contribution in [-0.4, -0.2) is 37.7 Å². The van der Waals surface area contributed by atoms with Crippen molar-refractivity contribution >= 4 is 0 Å². The summed E-state index contributed by atoms with van der Waals surface area (Å²) in [4.78, 5) is 10.6. The van der Waals surface area contributed by atoms with Crippen molar-refractivity contribution < 1.29 is 4.74 Å². The number of hydrogen-bond acceptors (Lipinski definition) is 5. The summed E-state index contributed by atoms with van der Waals surface area (Å²) >= 11 is 0. The summed E-state index contributed by atoms with van der Waals surface area (Å²) in [7, 11) is 0. The number of pyridine rings is 1. The van der Waals surface area contributed by atoms with Crippen LogP contribution in [0.1, 0.15) is 30.0 Å². The molecule has 0 spiro atoms. The quantitative estimate of drug-likeness (QED) is 0.704. The Morgan fingerprint density at radius 3 is 2.73 bits per heavy atom. The average Bonchev–Trinajstić information content (AvgIpc) is 3.20. The van der Waals surface area contributed by atoms with Gasteiger partial charge in [0.2, 0.25) is 0 Å². The van der Waals surface area contributed by atoms with Crippen molar-refractivity contribution in [1.82, 2.24) is 24.6 Å². The van der Waals surface area contributed by atoms with Gasteiger partial charge in [0.25, 0.3) is 0 Å². The lowest BCUT2D eigenvalue weighted by molar-refractivity contribution is 0.173. The molecule has 0 N–H and O–H groups in total. The Kier molecular flexibility index (Phi) is 4.93. The van der Waals surface area contributed by atoms with E-state index < -0.39 is 0 Å². The van der Waals surface area contributed by atoms with Crippen molar-refractivity contribution in [2.45, 2.75) is 32.4 Å². The summed E-state index contributed by atoms with van der Waals surface area (Å²) in [6.07, 6.45) is 9.14. The molecule has 0 amide bonds. The maximum Gasteiger partial charge on any atom is 0.145 e. The first kappa shape index (κ1) is 16.7. The van der Waals surface area contributed by atoms with E-state index in [0.29, 0.717) is 6.04 Å². The molecule has 0 bridgehead atoms. The van der Waals surface area contributed by atoms with E-state index in [1.165, 1.54) is 5.56 Å². The largest absolute Gasteiger partial charge is 0.455 e. The van der Waals surface area contributed by atoms with Crippen molar-refractivity contribution in [1.29, 1.82) is 0 Å². The highest BCUT2D eigenvalue weighted by Gasteiger charge is 2.21. The highest BCUT2D eigenvalue weighted by Crippen LogP contribution is 2.27. The van der Waals surface area contributed by atoms with Crippen molar-refractivity contribution in [3.05, 3.63) is 66.5 Å². The molecule has 0 atom stereocenters. The Morgan fingerprint density at radius 2 is 2.04 bits per heavy atom. The number of nitrogens with zero attached hydrogens (tertiary/aromatic N) is 5. The summed E-state index contributed by atoms with van der Waals surface area (Å²) in [6.45, 7) is 5.22. The number of benzene rings is 1. The Morgan fingerprint density at radius 1 is 1.15 bits per heavy atom. The van der Waals surface area contributed by atoms with Crippen LogP contribution >= 0.6 is 0 Å². The molecule has 1 saturated heterocycles. The van der Waals surface area contributed by atoms with Gasteiger partial charge in [-0.25, -0.2) is 9.67 Å². The maximum absolute atomic E-state index is 5.92. The van der Waals surface area contributed by atoms with Crippen molar-refractivity contribution in [3.63, 3.8) is 0 Å². The van der Waals surface area contributed by atoms with Crippen LogP contribution in [0.15, 0.2) is 55.4 Å². The van der Waals surface area contributed by atoms with E-state index in [2.05, 4.69) is 45.1 Å². The van der Waals surface area contributed by atoms with E-state index in [-0.39, 0.29) is 0 Å². The normalized spacial score (nSPS) is 15.9. The van der Waals surface area contributed by atoms with Gasteiger partial charge in [-0.2, -0.15) is 5.10 Å². The van der Waals surface area contributed by atoms with Crippen molar-refractivity contribution in [2.75, 3.05) is 13.1 Å². The van der Waals surface area contributed by atoms with Crippen LogP contribution < -0.4 is 4.74 Å². The predicted octanol–water partition coefficient (Wildman–Crippen LogP) is 3.61. The van der Waals surface area contributed by atoms with Gasteiger partial charge >= 0.3 is 0 Å². The van der Waals surface area contributed by atoms with E-state index in [9.17, 15) is 0 Å². The first-order valence-corrected chi connectivity index (χ1v) is 9.02. The molecule has 0 aliphatic carbocycles. The van der Waals surface area contributed by atoms with Crippen molar-refractivity contribution in [2.24, 2.45) is 0 Å². The number of piperidine rings is 1. The first-order chi connectivity index (χ1) is 12.8. The number of likely N-dealkylation sites (tertiary alicyclic amines) is 1. The zero-order chi connectivity index (χ0) is 17.8. The number of rotatable bonds is 5. The third kappa shape index (κ3) is 3.91. The fourth-order valence-corrected chi connectivity index (χ4v) is 3.46. The Hall–Kier alpha value is -2.73. The van der Waals surface area contributed by atoms with E-state index in [0.717, 1.165) is 49.5 Å². The molecular weight excluding hydrogens is 326 g/mol. The van der Waals surface area contributed by atoms with Gasteiger partial charge < -0.3 is 4.74 Å².